The molecule has 0 aliphatic carbocycles. The van der Waals surface area contributed by atoms with E-state index in [0.717, 1.165) is 53.6 Å². The third-order valence-corrected chi connectivity index (χ3v) is 11.3. The Labute approximate surface area is 301 Å². The number of fused-ring (bicyclic) bond motifs is 2. The van der Waals surface area contributed by atoms with Gasteiger partial charge in [0, 0.05) is 23.9 Å². The Morgan fingerprint density at radius 2 is 1.83 bits per heavy atom. The summed E-state index contributed by atoms with van der Waals surface area (Å²) in [5.41, 5.74) is 4.98. The minimum atomic E-state index is -4.44. The van der Waals surface area contributed by atoms with E-state index in [-0.39, 0.29) is 48.0 Å². The predicted octanol–water partition coefficient (Wildman–Crippen LogP) is 5.70. The van der Waals surface area contributed by atoms with Gasteiger partial charge in [0.2, 0.25) is 0 Å². The Hall–Kier alpha value is -1.94. The van der Waals surface area contributed by atoms with E-state index < -0.39 is 26.0 Å². The molecule has 0 bridgehead atoms. The molecule has 0 spiro atoms. The first-order valence-electron chi connectivity index (χ1n) is 14.7. The van der Waals surface area contributed by atoms with E-state index in [1.54, 1.807) is 11.3 Å². The Morgan fingerprint density at radius 1 is 1.09 bits per heavy atom. The second kappa shape index (κ2) is 15.5. The number of anilines is 1. The molecule has 1 atom stereocenters. The molecule has 2 aliphatic rings. The molecule has 3 aromatic rings. The monoisotopic (exact) mass is 712 g/mol. The van der Waals surface area contributed by atoms with E-state index in [9.17, 15) is 25.9 Å². The Kier molecular flexibility index (Phi) is 12.4. The summed E-state index contributed by atoms with van der Waals surface area (Å²) in [5.74, 6) is -0.0857. The molecule has 1 N–H and O–H groups in total. The van der Waals surface area contributed by atoms with Crippen LogP contribution >= 0.6 is 23.1 Å². The molecule has 9 nitrogen and oxygen atoms in total. The molecule has 0 fully saturated rings. The van der Waals surface area contributed by atoms with Crippen LogP contribution in [0.2, 0.25) is 0 Å². The number of hydrogen-bond donors (Lipinski definition) is 1. The number of aromatic nitrogens is 1. The maximum absolute atomic E-state index is 11.7. The van der Waals surface area contributed by atoms with E-state index in [0.29, 0.717) is 25.8 Å². The fourth-order valence-corrected chi connectivity index (χ4v) is 8.46. The molecule has 14 heteroatoms. The molecule has 5 rings (SSSR count). The number of hydrogen-bond acceptors (Lipinski definition) is 9. The normalized spacial score (nSPS) is 17.3. The van der Waals surface area contributed by atoms with Crippen LogP contribution in [0.5, 0.6) is 5.88 Å². The Bertz CT molecular complexity index is 1890. The summed E-state index contributed by atoms with van der Waals surface area (Å²) >= 11 is 3.12. The van der Waals surface area contributed by atoms with E-state index in [4.69, 9.17) is 4.74 Å². The topological polar surface area (TPSA) is 128 Å². The zero-order valence-corrected chi connectivity index (χ0v) is 28.6. The summed E-state index contributed by atoms with van der Waals surface area (Å²) in [6.07, 6.45) is 7.66. The van der Waals surface area contributed by atoms with Gasteiger partial charge in [-0.25, -0.2) is 8.42 Å². The first-order chi connectivity index (χ1) is 21.3. The van der Waals surface area contributed by atoms with Crippen LogP contribution in [-0.4, -0.2) is 79.7 Å². The van der Waals surface area contributed by atoms with Crippen molar-refractivity contribution in [1.29, 1.82) is 0 Å². The van der Waals surface area contributed by atoms with Gasteiger partial charge in [0.05, 0.1) is 32.3 Å². The predicted molar refractivity (Wildman–Crippen MR) is 187 cm³/mol. The van der Waals surface area contributed by atoms with E-state index in [1.807, 2.05) is 80.3 Å². The molecular weight excluding hydrogens is 676 g/mol. The van der Waals surface area contributed by atoms with Crippen molar-refractivity contribution >= 4 is 90.7 Å². The average Bonchev–Trinajstić information content (AvgIpc) is 3.49. The molecule has 0 saturated heterocycles. The van der Waals surface area contributed by atoms with Crippen molar-refractivity contribution in [2.75, 3.05) is 23.0 Å². The minimum absolute atomic E-state index is 0. The Balaban J connectivity index is 0.00000480. The summed E-state index contributed by atoms with van der Waals surface area (Å²) in [6, 6.07) is 16.0. The number of ether oxygens (including phenoxy) is 1. The van der Waals surface area contributed by atoms with Crippen molar-refractivity contribution in [2.45, 2.75) is 57.6 Å². The van der Waals surface area contributed by atoms with Gasteiger partial charge in [-0.1, -0.05) is 66.4 Å². The fraction of sp³-hybridized carbons (Fsp3) is 0.344. The molecule has 0 saturated carbocycles. The number of benzene rings is 2. The first kappa shape index (κ1) is 36.9. The quantitative estimate of drug-likeness (QED) is 0.109. The van der Waals surface area contributed by atoms with Crippen molar-refractivity contribution in [3.63, 3.8) is 0 Å². The summed E-state index contributed by atoms with van der Waals surface area (Å²) in [4.78, 5) is 3.86. The molecule has 0 amide bonds. The van der Waals surface area contributed by atoms with Gasteiger partial charge in [-0.3, -0.25) is 4.55 Å². The van der Waals surface area contributed by atoms with Gasteiger partial charge in [0.15, 0.2) is 6.54 Å². The third kappa shape index (κ3) is 9.36. The summed E-state index contributed by atoms with van der Waals surface area (Å²) in [7, 11) is -8.47. The average molecular weight is 713 g/mol. The van der Waals surface area contributed by atoms with Gasteiger partial charge in [-0.15, -0.1) is 0 Å². The van der Waals surface area contributed by atoms with Gasteiger partial charge >= 0.3 is 35.4 Å². The summed E-state index contributed by atoms with van der Waals surface area (Å²) in [6.45, 7) is 6.60. The third-order valence-electron chi connectivity index (χ3n) is 7.69. The number of thiazole rings is 1. The van der Waals surface area contributed by atoms with Crippen LogP contribution in [0.25, 0.3) is 23.3 Å². The number of unbranched alkanes of at least 4 members (excludes halogenated alkanes) is 1. The van der Waals surface area contributed by atoms with Crippen LogP contribution in [0, 0.1) is 0 Å². The van der Waals surface area contributed by atoms with Crippen LogP contribution in [0.1, 0.15) is 49.9 Å². The van der Waals surface area contributed by atoms with Crippen molar-refractivity contribution in [3.8, 4) is 17.0 Å². The van der Waals surface area contributed by atoms with Crippen molar-refractivity contribution in [1.82, 2.24) is 0 Å². The van der Waals surface area contributed by atoms with Gasteiger partial charge in [0.1, 0.15) is 11.0 Å². The SMILES string of the molecule is CCC(=Cc1sc2c([n+]1CCCCS(=O)(=O)O)OC(C)C(C)=C2)C=C1Sc2ccc(-c3ccccc3)cc2N1CCS(=O)(=O)[O-].[NaH]. The van der Waals surface area contributed by atoms with E-state index in [1.165, 1.54) is 11.8 Å². The number of nitrogens with zero attached hydrogens (tertiary/aromatic N) is 2. The summed E-state index contributed by atoms with van der Waals surface area (Å²) in [5, 5.41) is 1.76. The molecule has 242 valence electrons. The molecule has 2 aromatic carbocycles. The first-order valence-corrected chi connectivity index (χ1v) is 19.5. The molecule has 1 aromatic heterocycles. The zero-order valence-electron chi connectivity index (χ0n) is 25.3. The number of rotatable bonds is 12. The second-order valence-corrected chi connectivity index (χ2v) is 16.2. The number of thioether (sulfide) groups is 1. The van der Waals surface area contributed by atoms with Crippen LogP contribution < -0.4 is 14.2 Å². The van der Waals surface area contributed by atoms with E-state index in [2.05, 4.69) is 16.7 Å². The van der Waals surface area contributed by atoms with Gasteiger partial charge < -0.3 is 14.2 Å². The Morgan fingerprint density at radius 3 is 2.50 bits per heavy atom. The molecule has 46 heavy (non-hydrogen) atoms. The van der Waals surface area contributed by atoms with Crippen LogP contribution in [0.3, 0.4) is 0 Å². The van der Waals surface area contributed by atoms with Crippen LogP contribution in [0.15, 0.2) is 75.7 Å². The van der Waals surface area contributed by atoms with Crippen LogP contribution in [0.4, 0.5) is 5.69 Å². The molecule has 2 aliphatic heterocycles. The van der Waals surface area contributed by atoms with Crippen molar-refractivity contribution < 1.29 is 35.2 Å². The maximum atomic E-state index is 11.7. The molecule has 1 unspecified atom stereocenters. The van der Waals surface area contributed by atoms with Gasteiger partial charge in [0.25, 0.3) is 15.1 Å². The van der Waals surface area contributed by atoms with E-state index >= 15 is 0 Å². The van der Waals surface area contributed by atoms with Gasteiger partial charge in [-0.2, -0.15) is 13.0 Å². The molecular formula is C32H37N2NaO7S4. The van der Waals surface area contributed by atoms with Gasteiger partial charge in [-0.05, 0) is 73.2 Å². The number of allylic oxidation sites excluding steroid dienone is 2. The fourth-order valence-electron chi connectivity index (χ4n) is 5.13. The standard InChI is InChI=1S/C32H36N2O7S4.Na.H/c1-4-24(20-31-34(14-8-9-16-44(35,36)37)32-29(43-31)18-22(2)23(3)41-32)19-30-33(15-17-45(38,39)40)27-21-26(12-13-28(27)42-30)25-10-6-5-7-11-25;;/h5-7,10-13,18-21,23H,4,8-9,14-17H2,1-3H3,(H-,35,36,37,38,39,40);;. The van der Waals surface area contributed by atoms with Crippen LogP contribution in [-0.2, 0) is 26.8 Å². The molecule has 3 heterocycles. The second-order valence-electron chi connectivity index (χ2n) is 11.0. The molecule has 0 radical (unpaired) electrons. The van der Waals surface area contributed by atoms with Crippen molar-refractivity contribution in [2.24, 2.45) is 0 Å². The van der Waals surface area contributed by atoms with Crippen molar-refractivity contribution in [3.05, 3.63) is 80.7 Å². The zero-order chi connectivity index (χ0) is 32.4. The summed E-state index contributed by atoms with van der Waals surface area (Å²) < 4.78 is 75.1.